The number of amides is 1. The first kappa shape index (κ1) is 13.6. The molecule has 0 unspecified atom stereocenters. The highest BCUT2D eigenvalue weighted by Crippen LogP contribution is 2.22. The summed E-state index contributed by atoms with van der Waals surface area (Å²) in [6, 6.07) is 8.91. The molecular formula is C14H15ClN2O2. The monoisotopic (exact) mass is 278 g/mol. The van der Waals surface area contributed by atoms with Gasteiger partial charge < -0.3 is 9.42 Å². The fourth-order valence-corrected chi connectivity index (χ4v) is 2.02. The van der Waals surface area contributed by atoms with Crippen molar-refractivity contribution in [3.05, 3.63) is 41.1 Å². The number of hydrogen-bond donors (Lipinski definition) is 0. The molecule has 1 aromatic carbocycles. The van der Waals surface area contributed by atoms with E-state index in [2.05, 4.69) is 5.16 Å². The van der Waals surface area contributed by atoms with Crippen LogP contribution >= 0.6 is 11.6 Å². The van der Waals surface area contributed by atoms with Gasteiger partial charge in [-0.25, -0.2) is 0 Å². The molecule has 1 aromatic heterocycles. The Kier molecular flexibility index (Phi) is 4.22. The van der Waals surface area contributed by atoms with E-state index < -0.39 is 0 Å². The molecule has 100 valence electrons. The Morgan fingerprint density at radius 3 is 2.68 bits per heavy atom. The largest absolute Gasteiger partial charge is 0.350 e. The van der Waals surface area contributed by atoms with Gasteiger partial charge in [-0.05, 0) is 26.0 Å². The van der Waals surface area contributed by atoms with Gasteiger partial charge in [0.25, 0.3) is 5.91 Å². The zero-order chi connectivity index (χ0) is 13.8. The van der Waals surface area contributed by atoms with E-state index in [1.807, 2.05) is 26.0 Å². The third-order valence-corrected chi connectivity index (χ3v) is 3.13. The lowest BCUT2D eigenvalue weighted by Crippen LogP contribution is -2.30. The maximum atomic E-state index is 12.1. The second-order valence-corrected chi connectivity index (χ2v) is 4.50. The van der Waals surface area contributed by atoms with E-state index in [9.17, 15) is 4.79 Å². The average Bonchev–Trinajstić information content (AvgIpc) is 2.89. The van der Waals surface area contributed by atoms with Crippen molar-refractivity contribution in [1.29, 1.82) is 0 Å². The van der Waals surface area contributed by atoms with Crippen molar-refractivity contribution in [2.24, 2.45) is 0 Å². The number of hydrogen-bond acceptors (Lipinski definition) is 3. The van der Waals surface area contributed by atoms with Crippen molar-refractivity contribution in [1.82, 2.24) is 10.1 Å². The Labute approximate surface area is 117 Å². The molecule has 0 fully saturated rings. The molecule has 0 saturated carbocycles. The van der Waals surface area contributed by atoms with E-state index in [4.69, 9.17) is 16.1 Å². The maximum absolute atomic E-state index is 12.1. The first-order valence-electron chi connectivity index (χ1n) is 6.17. The fourth-order valence-electron chi connectivity index (χ4n) is 1.83. The lowest BCUT2D eigenvalue weighted by Gasteiger charge is -2.15. The van der Waals surface area contributed by atoms with Gasteiger partial charge in [0.05, 0.1) is 0 Å². The molecule has 0 aliphatic rings. The Balaban J connectivity index is 2.26. The summed E-state index contributed by atoms with van der Waals surface area (Å²) in [5.74, 6) is 0.101. The van der Waals surface area contributed by atoms with Crippen LogP contribution in [0.4, 0.5) is 0 Å². The van der Waals surface area contributed by atoms with E-state index in [-0.39, 0.29) is 11.7 Å². The van der Waals surface area contributed by atoms with Crippen LogP contribution in [-0.2, 0) is 0 Å². The standard InChI is InChI=1S/C14H15ClN2O2/c1-3-17(4-2)14(18)13-9-12(16-19-13)10-6-5-7-11(15)8-10/h5-9H,3-4H2,1-2H3. The summed E-state index contributed by atoms with van der Waals surface area (Å²) >= 11 is 5.93. The summed E-state index contributed by atoms with van der Waals surface area (Å²) in [6.45, 7) is 5.14. The molecule has 1 heterocycles. The van der Waals surface area contributed by atoms with Crippen LogP contribution in [0.1, 0.15) is 24.4 Å². The van der Waals surface area contributed by atoms with Crippen LogP contribution in [0.25, 0.3) is 11.3 Å². The number of rotatable bonds is 4. The number of aromatic nitrogens is 1. The maximum Gasteiger partial charge on any atom is 0.292 e. The number of carbonyl (C=O) groups excluding carboxylic acids is 1. The molecule has 0 N–H and O–H groups in total. The lowest BCUT2D eigenvalue weighted by atomic mass is 10.1. The van der Waals surface area contributed by atoms with Crippen molar-refractivity contribution < 1.29 is 9.32 Å². The van der Waals surface area contributed by atoms with Crippen LogP contribution < -0.4 is 0 Å². The normalized spacial score (nSPS) is 10.5. The number of benzene rings is 1. The zero-order valence-electron chi connectivity index (χ0n) is 10.9. The van der Waals surface area contributed by atoms with Crippen molar-refractivity contribution >= 4 is 17.5 Å². The predicted molar refractivity (Wildman–Crippen MR) is 74.2 cm³/mol. The lowest BCUT2D eigenvalue weighted by molar-refractivity contribution is 0.0731. The highest BCUT2D eigenvalue weighted by Gasteiger charge is 2.18. The van der Waals surface area contributed by atoms with E-state index in [1.54, 1.807) is 23.1 Å². The summed E-state index contributed by atoms with van der Waals surface area (Å²) in [5, 5.41) is 4.54. The van der Waals surface area contributed by atoms with Gasteiger partial charge >= 0.3 is 0 Å². The van der Waals surface area contributed by atoms with E-state index in [0.29, 0.717) is 23.8 Å². The second-order valence-electron chi connectivity index (χ2n) is 4.06. The Morgan fingerprint density at radius 2 is 2.05 bits per heavy atom. The molecular weight excluding hydrogens is 264 g/mol. The molecule has 0 spiro atoms. The first-order valence-corrected chi connectivity index (χ1v) is 6.55. The van der Waals surface area contributed by atoms with E-state index >= 15 is 0 Å². The predicted octanol–water partition coefficient (Wildman–Crippen LogP) is 3.48. The van der Waals surface area contributed by atoms with Crippen LogP contribution in [0.3, 0.4) is 0 Å². The summed E-state index contributed by atoms with van der Waals surface area (Å²) < 4.78 is 5.12. The van der Waals surface area contributed by atoms with Gasteiger partial charge in [-0.15, -0.1) is 0 Å². The van der Waals surface area contributed by atoms with Crippen molar-refractivity contribution in [2.75, 3.05) is 13.1 Å². The summed E-state index contributed by atoms with van der Waals surface area (Å²) in [6.07, 6.45) is 0. The summed E-state index contributed by atoms with van der Waals surface area (Å²) in [4.78, 5) is 13.8. The van der Waals surface area contributed by atoms with E-state index in [0.717, 1.165) is 5.56 Å². The van der Waals surface area contributed by atoms with Crippen LogP contribution in [0.5, 0.6) is 0 Å². The topological polar surface area (TPSA) is 46.3 Å². The summed E-state index contributed by atoms with van der Waals surface area (Å²) in [5.41, 5.74) is 1.44. The first-order chi connectivity index (χ1) is 9.15. The number of halogens is 1. The third-order valence-electron chi connectivity index (χ3n) is 2.89. The van der Waals surface area contributed by atoms with E-state index in [1.165, 1.54) is 0 Å². The minimum atomic E-state index is -0.147. The second kappa shape index (κ2) is 5.89. The van der Waals surface area contributed by atoms with Gasteiger partial charge in [0.15, 0.2) is 0 Å². The fraction of sp³-hybridized carbons (Fsp3) is 0.286. The van der Waals surface area contributed by atoms with Crippen LogP contribution in [0.15, 0.2) is 34.9 Å². The number of nitrogens with zero attached hydrogens (tertiary/aromatic N) is 2. The Hall–Kier alpha value is -1.81. The molecule has 0 radical (unpaired) electrons. The highest BCUT2D eigenvalue weighted by molar-refractivity contribution is 6.30. The van der Waals surface area contributed by atoms with Gasteiger partial charge in [-0.1, -0.05) is 28.9 Å². The minimum Gasteiger partial charge on any atom is -0.350 e. The number of carbonyl (C=O) groups is 1. The molecule has 2 rings (SSSR count). The Bertz CT molecular complexity index is 576. The molecule has 0 atom stereocenters. The molecule has 1 amide bonds. The van der Waals surface area contributed by atoms with Gasteiger partial charge in [0.1, 0.15) is 5.69 Å². The van der Waals surface area contributed by atoms with Crippen molar-refractivity contribution in [3.63, 3.8) is 0 Å². The van der Waals surface area contributed by atoms with Crippen molar-refractivity contribution in [2.45, 2.75) is 13.8 Å². The van der Waals surface area contributed by atoms with Gasteiger partial charge in [0, 0.05) is 29.7 Å². The highest BCUT2D eigenvalue weighted by atomic mass is 35.5. The summed E-state index contributed by atoms with van der Waals surface area (Å²) in [7, 11) is 0. The SMILES string of the molecule is CCN(CC)C(=O)c1cc(-c2cccc(Cl)c2)no1. The molecule has 4 nitrogen and oxygen atoms in total. The molecule has 19 heavy (non-hydrogen) atoms. The Morgan fingerprint density at radius 1 is 1.32 bits per heavy atom. The van der Waals surface area contributed by atoms with Crippen LogP contribution in [0, 0.1) is 0 Å². The van der Waals surface area contributed by atoms with Crippen LogP contribution in [-0.4, -0.2) is 29.1 Å². The minimum absolute atomic E-state index is 0.147. The van der Waals surface area contributed by atoms with Gasteiger partial charge in [-0.2, -0.15) is 0 Å². The third kappa shape index (κ3) is 2.96. The molecule has 5 heteroatoms. The van der Waals surface area contributed by atoms with Gasteiger partial charge in [-0.3, -0.25) is 4.79 Å². The average molecular weight is 279 g/mol. The van der Waals surface area contributed by atoms with Gasteiger partial charge in [0.2, 0.25) is 5.76 Å². The smallest absolute Gasteiger partial charge is 0.292 e. The molecule has 0 saturated heterocycles. The molecule has 2 aromatic rings. The van der Waals surface area contributed by atoms with Crippen LogP contribution in [0.2, 0.25) is 5.02 Å². The molecule has 0 aliphatic heterocycles. The molecule has 0 bridgehead atoms. The van der Waals surface area contributed by atoms with Crippen molar-refractivity contribution in [3.8, 4) is 11.3 Å². The molecule has 0 aliphatic carbocycles. The zero-order valence-corrected chi connectivity index (χ0v) is 11.6. The quantitative estimate of drug-likeness (QED) is 0.860.